The number of rotatable bonds is 6. The molecule has 1 atom stereocenters. The van der Waals surface area contributed by atoms with E-state index in [0.29, 0.717) is 0 Å². The molecule has 1 aromatic rings. The van der Waals surface area contributed by atoms with Crippen LogP contribution in [0.15, 0.2) is 11.4 Å². The molecule has 0 aliphatic carbocycles. The van der Waals surface area contributed by atoms with Gasteiger partial charge in [0.25, 0.3) is 0 Å². The Balaban J connectivity index is 2.28. The lowest BCUT2D eigenvalue weighted by Crippen LogP contribution is -2.10. The van der Waals surface area contributed by atoms with Crippen molar-refractivity contribution in [3.8, 4) is 0 Å². The van der Waals surface area contributed by atoms with E-state index in [0.717, 1.165) is 36.0 Å². The number of halogens is 1. The molecule has 1 heterocycles. The molecule has 80 valence electrons. The van der Waals surface area contributed by atoms with Gasteiger partial charge in [-0.3, -0.25) is 0 Å². The van der Waals surface area contributed by atoms with Gasteiger partial charge in [0.05, 0.1) is 5.02 Å². The third-order valence-electron chi connectivity index (χ3n) is 1.99. The van der Waals surface area contributed by atoms with Gasteiger partial charge in [0.15, 0.2) is 0 Å². The Hall–Kier alpha value is -0.0900. The Kier molecular flexibility index (Phi) is 5.48. The van der Waals surface area contributed by atoms with Crippen molar-refractivity contribution in [1.29, 1.82) is 0 Å². The summed E-state index contributed by atoms with van der Waals surface area (Å²) in [7, 11) is 0. The van der Waals surface area contributed by atoms with Crippen LogP contribution in [0.3, 0.4) is 0 Å². The second-order valence-electron chi connectivity index (χ2n) is 3.08. The van der Waals surface area contributed by atoms with E-state index in [9.17, 15) is 0 Å². The third-order valence-corrected chi connectivity index (χ3v) is 3.48. The van der Waals surface area contributed by atoms with Crippen LogP contribution in [-0.2, 0) is 4.74 Å². The van der Waals surface area contributed by atoms with E-state index < -0.39 is 0 Å². The summed E-state index contributed by atoms with van der Waals surface area (Å²) in [6, 6.07) is 1.95. The molecule has 0 amide bonds. The average molecular weight is 234 g/mol. The average Bonchev–Trinajstić information content (AvgIpc) is 2.59. The molecule has 2 N–H and O–H groups in total. The van der Waals surface area contributed by atoms with Crippen molar-refractivity contribution in [2.75, 3.05) is 13.2 Å². The maximum Gasteiger partial charge on any atom is 0.0561 e. The van der Waals surface area contributed by atoms with Crippen molar-refractivity contribution in [3.63, 3.8) is 0 Å². The van der Waals surface area contributed by atoms with Crippen LogP contribution < -0.4 is 5.73 Å². The predicted molar refractivity (Wildman–Crippen MR) is 62.0 cm³/mol. The van der Waals surface area contributed by atoms with Gasteiger partial charge >= 0.3 is 0 Å². The highest BCUT2D eigenvalue weighted by molar-refractivity contribution is 7.10. The summed E-state index contributed by atoms with van der Waals surface area (Å²) in [5.41, 5.74) is 5.99. The molecule has 0 spiro atoms. The van der Waals surface area contributed by atoms with Crippen LogP contribution in [0, 0.1) is 0 Å². The zero-order chi connectivity index (χ0) is 10.4. The molecule has 14 heavy (non-hydrogen) atoms. The summed E-state index contributed by atoms with van der Waals surface area (Å²) in [4.78, 5) is 1.09. The Bertz CT molecular complexity index is 264. The molecule has 0 aromatic carbocycles. The quantitative estimate of drug-likeness (QED) is 0.766. The van der Waals surface area contributed by atoms with Crippen molar-refractivity contribution in [1.82, 2.24) is 0 Å². The fourth-order valence-corrected chi connectivity index (χ4v) is 2.49. The minimum Gasteiger partial charge on any atom is -0.382 e. The molecular formula is C10H16ClNOS. The van der Waals surface area contributed by atoms with E-state index in [-0.39, 0.29) is 6.04 Å². The van der Waals surface area contributed by atoms with Crippen LogP contribution in [-0.4, -0.2) is 13.2 Å². The largest absolute Gasteiger partial charge is 0.382 e. The minimum absolute atomic E-state index is 0.0583. The van der Waals surface area contributed by atoms with Crippen LogP contribution in [0.4, 0.5) is 0 Å². The number of hydrogen-bond donors (Lipinski definition) is 1. The van der Waals surface area contributed by atoms with E-state index in [1.807, 2.05) is 18.4 Å². The normalized spacial score (nSPS) is 13.1. The van der Waals surface area contributed by atoms with Gasteiger partial charge in [-0.15, -0.1) is 11.3 Å². The van der Waals surface area contributed by atoms with E-state index in [2.05, 4.69) is 0 Å². The highest BCUT2D eigenvalue weighted by Crippen LogP contribution is 2.29. The molecule has 0 radical (unpaired) electrons. The first-order chi connectivity index (χ1) is 6.75. The first kappa shape index (κ1) is 12.0. The molecule has 0 aliphatic rings. The van der Waals surface area contributed by atoms with E-state index in [1.54, 1.807) is 11.3 Å². The maximum absolute atomic E-state index is 5.99. The van der Waals surface area contributed by atoms with Crippen molar-refractivity contribution in [2.24, 2.45) is 5.73 Å². The number of nitrogens with two attached hydrogens (primary N) is 1. The monoisotopic (exact) mass is 233 g/mol. The molecule has 0 saturated heterocycles. The molecule has 2 nitrogen and oxygen atoms in total. The van der Waals surface area contributed by atoms with Crippen LogP contribution in [0.5, 0.6) is 0 Å². The van der Waals surface area contributed by atoms with Gasteiger partial charge in [-0.1, -0.05) is 11.6 Å². The molecule has 1 rings (SSSR count). The van der Waals surface area contributed by atoms with Gasteiger partial charge in [0, 0.05) is 24.1 Å². The summed E-state index contributed by atoms with van der Waals surface area (Å²) >= 11 is 7.60. The highest BCUT2D eigenvalue weighted by Gasteiger charge is 2.10. The molecule has 4 heteroatoms. The summed E-state index contributed by atoms with van der Waals surface area (Å²) < 4.78 is 5.25. The number of thiophene rings is 1. The first-order valence-electron chi connectivity index (χ1n) is 4.82. The predicted octanol–water partition coefficient (Wildman–Crippen LogP) is 3.22. The Morgan fingerprint density at radius 2 is 2.43 bits per heavy atom. The van der Waals surface area contributed by atoms with E-state index in [1.165, 1.54) is 0 Å². The van der Waals surface area contributed by atoms with Gasteiger partial charge in [-0.25, -0.2) is 0 Å². The Labute approximate surface area is 94.0 Å². The molecule has 0 saturated carbocycles. The van der Waals surface area contributed by atoms with Gasteiger partial charge in [0.1, 0.15) is 0 Å². The molecule has 1 unspecified atom stereocenters. The fourth-order valence-electron chi connectivity index (χ4n) is 1.25. The smallest absolute Gasteiger partial charge is 0.0561 e. The second kappa shape index (κ2) is 6.40. The Morgan fingerprint density at radius 1 is 1.64 bits per heavy atom. The van der Waals surface area contributed by atoms with Crippen LogP contribution in [0.1, 0.15) is 30.7 Å². The van der Waals surface area contributed by atoms with Crippen molar-refractivity contribution in [2.45, 2.75) is 25.8 Å². The van der Waals surface area contributed by atoms with Crippen LogP contribution >= 0.6 is 22.9 Å². The topological polar surface area (TPSA) is 35.2 Å². The SMILES string of the molecule is CCOCCCC(N)c1sccc1Cl. The lowest BCUT2D eigenvalue weighted by molar-refractivity contribution is 0.142. The summed E-state index contributed by atoms with van der Waals surface area (Å²) in [6.45, 7) is 3.55. The van der Waals surface area contributed by atoms with E-state index >= 15 is 0 Å². The second-order valence-corrected chi connectivity index (χ2v) is 4.43. The third kappa shape index (κ3) is 3.58. The molecule has 0 fully saturated rings. The molecule has 0 aliphatic heterocycles. The standard InChI is InChI=1S/C10H16ClNOS/c1-2-13-6-3-4-9(12)10-8(11)5-7-14-10/h5,7,9H,2-4,6,12H2,1H3. The highest BCUT2D eigenvalue weighted by atomic mass is 35.5. The number of hydrogen-bond acceptors (Lipinski definition) is 3. The first-order valence-corrected chi connectivity index (χ1v) is 6.07. The lowest BCUT2D eigenvalue weighted by atomic mass is 10.1. The van der Waals surface area contributed by atoms with E-state index in [4.69, 9.17) is 22.1 Å². The lowest BCUT2D eigenvalue weighted by Gasteiger charge is -2.09. The van der Waals surface area contributed by atoms with Gasteiger partial charge in [-0.05, 0) is 31.2 Å². The minimum atomic E-state index is 0.0583. The van der Waals surface area contributed by atoms with Crippen molar-refractivity contribution >= 4 is 22.9 Å². The van der Waals surface area contributed by atoms with Crippen molar-refractivity contribution < 1.29 is 4.74 Å². The van der Waals surface area contributed by atoms with Crippen LogP contribution in [0.25, 0.3) is 0 Å². The maximum atomic E-state index is 5.99. The molecular weight excluding hydrogens is 218 g/mol. The van der Waals surface area contributed by atoms with Crippen LogP contribution in [0.2, 0.25) is 5.02 Å². The summed E-state index contributed by atoms with van der Waals surface area (Å²) in [5, 5.41) is 2.76. The molecule has 0 bridgehead atoms. The Morgan fingerprint density at radius 3 is 3.00 bits per heavy atom. The number of ether oxygens (including phenoxy) is 1. The summed E-state index contributed by atoms with van der Waals surface area (Å²) in [5.74, 6) is 0. The van der Waals surface area contributed by atoms with Gasteiger partial charge < -0.3 is 10.5 Å². The zero-order valence-corrected chi connectivity index (χ0v) is 9.90. The molecule has 1 aromatic heterocycles. The van der Waals surface area contributed by atoms with Crippen molar-refractivity contribution in [3.05, 3.63) is 21.3 Å². The fraction of sp³-hybridized carbons (Fsp3) is 0.600. The van der Waals surface area contributed by atoms with Gasteiger partial charge in [0.2, 0.25) is 0 Å². The zero-order valence-electron chi connectivity index (χ0n) is 8.33. The van der Waals surface area contributed by atoms with Gasteiger partial charge in [-0.2, -0.15) is 0 Å². The summed E-state index contributed by atoms with van der Waals surface area (Å²) in [6.07, 6.45) is 1.92.